The summed E-state index contributed by atoms with van der Waals surface area (Å²) in [7, 11) is 0. The van der Waals surface area contributed by atoms with Gasteiger partial charge < -0.3 is 4.74 Å². The maximum atomic E-state index is 13.2. The molecule has 0 saturated heterocycles. The van der Waals surface area contributed by atoms with Crippen molar-refractivity contribution in [2.24, 2.45) is 5.10 Å². The molecule has 4 aromatic carbocycles. The summed E-state index contributed by atoms with van der Waals surface area (Å²) in [6, 6.07) is 27.3. The van der Waals surface area contributed by atoms with Crippen molar-refractivity contribution < 1.29 is 19.2 Å². The van der Waals surface area contributed by atoms with Crippen LogP contribution in [-0.4, -0.2) is 34.1 Å². The van der Waals surface area contributed by atoms with E-state index in [1.807, 2.05) is 66.7 Å². The Hall–Kier alpha value is -4.85. The SMILES string of the molecule is Cc1cc(C(=O)OCC(=O)N2N=C(c3ccc4ccccc4c3)C[C@@H]2c2ccccc2)ccc1[N+](=O)[O-]. The Kier molecular flexibility index (Phi) is 6.47. The van der Waals surface area contributed by atoms with E-state index < -0.39 is 23.4 Å². The number of nitrogens with zero attached hydrogens (tertiary/aromatic N) is 3. The molecule has 184 valence electrons. The minimum Gasteiger partial charge on any atom is -0.452 e. The molecule has 0 radical (unpaired) electrons. The van der Waals surface area contributed by atoms with Gasteiger partial charge in [0.1, 0.15) is 0 Å². The van der Waals surface area contributed by atoms with E-state index in [1.54, 1.807) is 0 Å². The molecule has 0 saturated carbocycles. The molecule has 0 spiro atoms. The van der Waals surface area contributed by atoms with Crippen LogP contribution in [0.2, 0.25) is 0 Å². The van der Waals surface area contributed by atoms with Gasteiger partial charge in [-0.25, -0.2) is 9.80 Å². The van der Waals surface area contributed by atoms with E-state index in [2.05, 4.69) is 11.2 Å². The number of ether oxygens (including phenoxy) is 1. The lowest BCUT2D eigenvalue weighted by molar-refractivity contribution is -0.385. The summed E-state index contributed by atoms with van der Waals surface area (Å²) in [6.07, 6.45) is 0.517. The molecule has 1 aliphatic heterocycles. The quantitative estimate of drug-likeness (QED) is 0.198. The van der Waals surface area contributed by atoms with Crippen LogP contribution >= 0.6 is 0 Å². The molecule has 0 unspecified atom stereocenters. The van der Waals surface area contributed by atoms with Gasteiger partial charge in [-0.1, -0.05) is 66.7 Å². The second-order valence-corrected chi connectivity index (χ2v) is 8.81. The Morgan fingerprint density at radius 2 is 1.70 bits per heavy atom. The van der Waals surface area contributed by atoms with Crippen molar-refractivity contribution in [2.45, 2.75) is 19.4 Å². The van der Waals surface area contributed by atoms with Crippen molar-refractivity contribution in [3.63, 3.8) is 0 Å². The van der Waals surface area contributed by atoms with Crippen LogP contribution in [-0.2, 0) is 9.53 Å². The third-order valence-electron chi connectivity index (χ3n) is 6.39. The van der Waals surface area contributed by atoms with Crippen molar-refractivity contribution in [1.82, 2.24) is 5.01 Å². The van der Waals surface area contributed by atoms with Gasteiger partial charge in [0.05, 0.1) is 22.2 Å². The first-order valence-electron chi connectivity index (χ1n) is 11.8. The Balaban J connectivity index is 1.37. The molecule has 0 fully saturated rings. The summed E-state index contributed by atoms with van der Waals surface area (Å²) in [5.41, 5.74) is 2.99. The van der Waals surface area contributed by atoms with E-state index >= 15 is 0 Å². The number of hydrogen-bond donors (Lipinski definition) is 0. The molecule has 8 nitrogen and oxygen atoms in total. The minimum absolute atomic E-state index is 0.0917. The molecular formula is C29H23N3O5. The number of nitro groups is 1. The maximum Gasteiger partial charge on any atom is 0.338 e. The fourth-order valence-electron chi connectivity index (χ4n) is 4.48. The van der Waals surface area contributed by atoms with Gasteiger partial charge >= 0.3 is 5.97 Å². The van der Waals surface area contributed by atoms with Crippen molar-refractivity contribution in [1.29, 1.82) is 0 Å². The highest BCUT2D eigenvalue weighted by Crippen LogP contribution is 2.33. The first-order valence-corrected chi connectivity index (χ1v) is 11.8. The smallest absolute Gasteiger partial charge is 0.338 e. The molecule has 1 atom stereocenters. The second kappa shape index (κ2) is 10.0. The highest BCUT2D eigenvalue weighted by Gasteiger charge is 2.33. The van der Waals surface area contributed by atoms with Crippen LogP contribution in [0.1, 0.15) is 39.5 Å². The Bertz CT molecular complexity index is 1550. The number of hydrogen-bond acceptors (Lipinski definition) is 6. The average Bonchev–Trinajstić information content (AvgIpc) is 3.37. The summed E-state index contributed by atoms with van der Waals surface area (Å²) in [6.45, 7) is 1.03. The molecule has 0 aliphatic carbocycles. The molecule has 8 heteroatoms. The molecule has 4 aromatic rings. The number of fused-ring (bicyclic) bond motifs is 1. The number of hydrazone groups is 1. The average molecular weight is 494 g/mol. The fourth-order valence-corrected chi connectivity index (χ4v) is 4.48. The number of benzene rings is 4. The highest BCUT2D eigenvalue weighted by atomic mass is 16.6. The predicted molar refractivity (Wildman–Crippen MR) is 139 cm³/mol. The number of rotatable bonds is 6. The summed E-state index contributed by atoms with van der Waals surface area (Å²) in [4.78, 5) is 36.3. The number of amides is 1. The number of nitro benzene ring substituents is 1. The van der Waals surface area contributed by atoms with E-state index in [0.717, 1.165) is 27.6 Å². The lowest BCUT2D eigenvalue weighted by Gasteiger charge is -2.21. The van der Waals surface area contributed by atoms with Gasteiger partial charge in [0.15, 0.2) is 6.61 Å². The standard InChI is InChI=1S/C29H23N3O5/c1-19-15-24(13-14-26(19)32(35)36)29(34)37-18-28(33)31-27(21-8-3-2-4-9-21)17-25(30-31)23-12-11-20-7-5-6-10-22(20)16-23/h2-16,27H,17-18H2,1H3/t27-/m1/s1. The molecular weight excluding hydrogens is 470 g/mol. The topological polar surface area (TPSA) is 102 Å². The molecule has 37 heavy (non-hydrogen) atoms. The first kappa shape index (κ1) is 23.9. The van der Waals surface area contributed by atoms with Gasteiger partial charge in [0.25, 0.3) is 11.6 Å². The van der Waals surface area contributed by atoms with Crippen molar-refractivity contribution in [2.75, 3.05) is 6.61 Å². The molecule has 1 heterocycles. The van der Waals surface area contributed by atoms with Crippen LogP contribution in [0.4, 0.5) is 5.69 Å². The van der Waals surface area contributed by atoms with Crippen molar-refractivity contribution in [3.05, 3.63) is 123 Å². The lowest BCUT2D eigenvalue weighted by atomic mass is 9.97. The Morgan fingerprint density at radius 1 is 0.973 bits per heavy atom. The van der Waals surface area contributed by atoms with E-state index in [9.17, 15) is 19.7 Å². The van der Waals surface area contributed by atoms with Crippen LogP contribution < -0.4 is 0 Å². The molecule has 1 aliphatic rings. The van der Waals surface area contributed by atoms with Gasteiger partial charge in [-0.2, -0.15) is 5.10 Å². The molecule has 0 aromatic heterocycles. The monoisotopic (exact) mass is 493 g/mol. The van der Waals surface area contributed by atoms with Crippen molar-refractivity contribution in [3.8, 4) is 0 Å². The maximum absolute atomic E-state index is 13.2. The zero-order valence-corrected chi connectivity index (χ0v) is 20.0. The van der Waals surface area contributed by atoms with E-state index in [0.29, 0.717) is 12.0 Å². The number of carbonyl (C=O) groups excluding carboxylic acids is 2. The number of carbonyl (C=O) groups is 2. The van der Waals surface area contributed by atoms with Crippen LogP contribution in [0.15, 0.2) is 96.1 Å². The molecule has 0 bridgehead atoms. The molecule has 1 amide bonds. The highest BCUT2D eigenvalue weighted by molar-refractivity contribution is 6.05. The second-order valence-electron chi connectivity index (χ2n) is 8.81. The van der Waals surface area contributed by atoms with Gasteiger partial charge in [-0.3, -0.25) is 14.9 Å². The van der Waals surface area contributed by atoms with E-state index in [4.69, 9.17) is 4.74 Å². The third kappa shape index (κ3) is 4.95. The van der Waals surface area contributed by atoms with E-state index in [-0.39, 0.29) is 17.3 Å². The van der Waals surface area contributed by atoms with Crippen molar-refractivity contribution >= 4 is 34.0 Å². The summed E-state index contributed by atoms with van der Waals surface area (Å²) < 4.78 is 5.27. The van der Waals surface area contributed by atoms with Crippen LogP contribution in [0.3, 0.4) is 0 Å². The van der Waals surface area contributed by atoms with Crippen LogP contribution in [0.5, 0.6) is 0 Å². The van der Waals surface area contributed by atoms with Gasteiger partial charge in [-0.15, -0.1) is 0 Å². The van der Waals surface area contributed by atoms with Crippen LogP contribution in [0, 0.1) is 17.0 Å². The molecule has 5 rings (SSSR count). The normalized spacial score (nSPS) is 14.9. The lowest BCUT2D eigenvalue weighted by Crippen LogP contribution is -2.31. The number of esters is 1. The van der Waals surface area contributed by atoms with Gasteiger partial charge in [0, 0.05) is 18.1 Å². The van der Waals surface area contributed by atoms with Gasteiger partial charge in [0.2, 0.25) is 0 Å². The first-order chi connectivity index (χ1) is 17.9. The zero-order valence-electron chi connectivity index (χ0n) is 20.0. The van der Waals surface area contributed by atoms with E-state index in [1.165, 1.54) is 30.1 Å². The number of aryl methyl sites for hydroxylation is 1. The Morgan fingerprint density at radius 3 is 2.43 bits per heavy atom. The fraction of sp³-hybridized carbons (Fsp3) is 0.138. The largest absolute Gasteiger partial charge is 0.452 e. The van der Waals surface area contributed by atoms with Crippen LogP contribution in [0.25, 0.3) is 10.8 Å². The summed E-state index contributed by atoms with van der Waals surface area (Å²) >= 11 is 0. The third-order valence-corrected chi connectivity index (χ3v) is 6.39. The summed E-state index contributed by atoms with van der Waals surface area (Å²) in [5, 5.41) is 19.3. The Labute approximate surface area is 212 Å². The molecule has 0 N–H and O–H groups in total. The van der Waals surface area contributed by atoms with Gasteiger partial charge in [-0.05, 0) is 47.0 Å². The summed E-state index contributed by atoms with van der Waals surface area (Å²) in [5.74, 6) is -1.20. The zero-order chi connectivity index (χ0) is 25.9. The minimum atomic E-state index is -0.736. The predicted octanol–water partition coefficient (Wildman–Crippen LogP) is 5.59.